The van der Waals surface area contributed by atoms with Gasteiger partial charge in [-0.1, -0.05) is 75.6 Å². The molecule has 1 N–H and O–H groups in total. The molecule has 0 spiro atoms. The van der Waals surface area contributed by atoms with Gasteiger partial charge < -0.3 is 5.11 Å². The molecule has 1 atom stereocenters. The molecular weight excluding hydrogens is 324 g/mol. The van der Waals surface area contributed by atoms with Gasteiger partial charge in [0.25, 0.3) is 0 Å². The van der Waals surface area contributed by atoms with E-state index in [-0.39, 0.29) is 0 Å². The van der Waals surface area contributed by atoms with Crippen LogP contribution in [-0.4, -0.2) is 5.11 Å². The standard InChI is InChI=1S/C19H17BrO/c1-12-9-13(2)11-14(10-12)19(21)17-7-8-18(20)16-6-4-3-5-15(16)17/h3-11,19,21H,1-2H3. The van der Waals surface area contributed by atoms with Crippen LogP contribution in [0.5, 0.6) is 0 Å². The van der Waals surface area contributed by atoms with Gasteiger partial charge in [0.05, 0.1) is 0 Å². The monoisotopic (exact) mass is 340 g/mol. The van der Waals surface area contributed by atoms with Gasteiger partial charge in [-0.15, -0.1) is 0 Å². The number of aryl methyl sites for hydroxylation is 2. The summed E-state index contributed by atoms with van der Waals surface area (Å²) in [5.74, 6) is 0. The maximum atomic E-state index is 10.8. The fourth-order valence-corrected chi connectivity index (χ4v) is 3.35. The zero-order valence-corrected chi connectivity index (χ0v) is 13.7. The van der Waals surface area contributed by atoms with E-state index in [2.05, 4.69) is 60.1 Å². The number of aliphatic hydroxyl groups excluding tert-OH is 1. The number of hydrogen-bond donors (Lipinski definition) is 1. The Morgan fingerprint density at radius 1 is 0.857 bits per heavy atom. The van der Waals surface area contributed by atoms with Gasteiger partial charge in [0, 0.05) is 4.47 Å². The second-order valence-corrected chi connectivity index (χ2v) is 6.36. The third-order valence-corrected chi connectivity index (χ3v) is 4.45. The number of hydrogen-bond acceptors (Lipinski definition) is 1. The average molecular weight is 341 g/mol. The Hall–Kier alpha value is -1.64. The second-order valence-electron chi connectivity index (χ2n) is 5.51. The Kier molecular flexibility index (Phi) is 3.83. The summed E-state index contributed by atoms with van der Waals surface area (Å²) in [7, 11) is 0. The molecule has 1 unspecified atom stereocenters. The Labute approximate surface area is 133 Å². The van der Waals surface area contributed by atoms with Crippen LogP contribution in [0.4, 0.5) is 0 Å². The summed E-state index contributed by atoms with van der Waals surface area (Å²) in [6.45, 7) is 4.12. The maximum Gasteiger partial charge on any atom is 0.105 e. The van der Waals surface area contributed by atoms with Crippen LogP contribution in [0.25, 0.3) is 10.8 Å². The van der Waals surface area contributed by atoms with E-state index < -0.39 is 6.10 Å². The van der Waals surface area contributed by atoms with E-state index in [1.165, 1.54) is 11.1 Å². The van der Waals surface area contributed by atoms with Crippen molar-refractivity contribution in [3.8, 4) is 0 Å². The zero-order valence-electron chi connectivity index (χ0n) is 12.1. The lowest BCUT2D eigenvalue weighted by Crippen LogP contribution is -2.01. The summed E-state index contributed by atoms with van der Waals surface area (Å²) in [4.78, 5) is 0. The van der Waals surface area contributed by atoms with E-state index in [1.807, 2.05) is 24.3 Å². The van der Waals surface area contributed by atoms with E-state index >= 15 is 0 Å². The molecule has 3 rings (SSSR count). The van der Waals surface area contributed by atoms with Gasteiger partial charge >= 0.3 is 0 Å². The number of fused-ring (bicyclic) bond motifs is 1. The molecule has 3 aromatic carbocycles. The first-order chi connectivity index (χ1) is 10.1. The highest BCUT2D eigenvalue weighted by Crippen LogP contribution is 2.33. The zero-order chi connectivity index (χ0) is 15.0. The number of benzene rings is 3. The van der Waals surface area contributed by atoms with Crippen molar-refractivity contribution in [2.45, 2.75) is 20.0 Å². The van der Waals surface area contributed by atoms with Crippen LogP contribution in [0.15, 0.2) is 59.1 Å². The normalized spacial score (nSPS) is 12.6. The molecule has 3 aromatic rings. The number of aliphatic hydroxyl groups is 1. The highest BCUT2D eigenvalue weighted by molar-refractivity contribution is 9.10. The van der Waals surface area contributed by atoms with Gasteiger partial charge in [0.15, 0.2) is 0 Å². The molecule has 2 heteroatoms. The Morgan fingerprint density at radius 3 is 2.14 bits per heavy atom. The van der Waals surface area contributed by atoms with Crippen LogP contribution in [0, 0.1) is 13.8 Å². The minimum absolute atomic E-state index is 0.610. The van der Waals surface area contributed by atoms with E-state index in [4.69, 9.17) is 0 Å². The third kappa shape index (κ3) is 2.74. The smallest absolute Gasteiger partial charge is 0.105 e. The van der Waals surface area contributed by atoms with Crippen molar-refractivity contribution < 1.29 is 5.11 Å². The first kappa shape index (κ1) is 14.3. The fourth-order valence-electron chi connectivity index (χ4n) is 2.87. The maximum absolute atomic E-state index is 10.8. The largest absolute Gasteiger partial charge is 0.384 e. The molecule has 0 saturated heterocycles. The first-order valence-corrected chi connectivity index (χ1v) is 7.79. The van der Waals surface area contributed by atoms with Gasteiger partial charge in [-0.3, -0.25) is 0 Å². The SMILES string of the molecule is Cc1cc(C)cc(C(O)c2ccc(Br)c3ccccc23)c1. The first-order valence-electron chi connectivity index (χ1n) is 6.99. The van der Waals surface area contributed by atoms with Crippen LogP contribution in [0.1, 0.15) is 28.4 Å². The molecule has 1 nitrogen and oxygen atoms in total. The van der Waals surface area contributed by atoms with Crippen LogP contribution in [0.3, 0.4) is 0 Å². The third-order valence-electron chi connectivity index (χ3n) is 3.76. The average Bonchev–Trinajstić information content (AvgIpc) is 2.46. The Bertz CT molecular complexity index is 788. The summed E-state index contributed by atoms with van der Waals surface area (Å²) < 4.78 is 1.05. The summed E-state index contributed by atoms with van der Waals surface area (Å²) in [5.41, 5.74) is 4.23. The van der Waals surface area contributed by atoms with Crippen LogP contribution in [0.2, 0.25) is 0 Å². The van der Waals surface area contributed by atoms with E-state index in [9.17, 15) is 5.11 Å². The molecule has 0 bridgehead atoms. The van der Waals surface area contributed by atoms with Crippen molar-refractivity contribution in [1.29, 1.82) is 0 Å². The lowest BCUT2D eigenvalue weighted by atomic mass is 9.94. The van der Waals surface area contributed by atoms with E-state index in [0.717, 1.165) is 26.4 Å². The van der Waals surface area contributed by atoms with Crippen molar-refractivity contribution in [2.24, 2.45) is 0 Å². The molecule has 21 heavy (non-hydrogen) atoms. The predicted molar refractivity (Wildman–Crippen MR) is 91.6 cm³/mol. The lowest BCUT2D eigenvalue weighted by molar-refractivity contribution is 0.221. The van der Waals surface area contributed by atoms with Gasteiger partial charge in [-0.05, 0) is 41.8 Å². The van der Waals surface area contributed by atoms with Crippen molar-refractivity contribution in [1.82, 2.24) is 0 Å². The van der Waals surface area contributed by atoms with Gasteiger partial charge in [0.1, 0.15) is 6.10 Å². The highest BCUT2D eigenvalue weighted by atomic mass is 79.9. The van der Waals surface area contributed by atoms with Gasteiger partial charge in [-0.25, -0.2) is 0 Å². The molecule has 0 radical (unpaired) electrons. The van der Waals surface area contributed by atoms with E-state index in [1.54, 1.807) is 0 Å². The molecule has 106 valence electrons. The molecule has 0 aliphatic rings. The Balaban J connectivity index is 2.18. The van der Waals surface area contributed by atoms with Crippen molar-refractivity contribution in [3.05, 3.63) is 81.3 Å². The summed E-state index contributed by atoms with van der Waals surface area (Å²) in [5, 5.41) is 13.0. The molecule has 0 aliphatic heterocycles. The molecule has 0 saturated carbocycles. The van der Waals surface area contributed by atoms with Crippen molar-refractivity contribution in [3.63, 3.8) is 0 Å². The van der Waals surface area contributed by atoms with Crippen molar-refractivity contribution in [2.75, 3.05) is 0 Å². The van der Waals surface area contributed by atoms with Crippen LogP contribution >= 0.6 is 15.9 Å². The summed E-state index contributed by atoms with van der Waals surface area (Å²) in [6.07, 6.45) is -0.610. The number of halogens is 1. The minimum atomic E-state index is -0.610. The van der Waals surface area contributed by atoms with Gasteiger partial charge in [-0.2, -0.15) is 0 Å². The molecular formula is C19H17BrO. The summed E-state index contributed by atoms with van der Waals surface area (Å²) >= 11 is 3.58. The number of rotatable bonds is 2. The molecule has 0 amide bonds. The van der Waals surface area contributed by atoms with Crippen LogP contribution < -0.4 is 0 Å². The highest BCUT2D eigenvalue weighted by Gasteiger charge is 2.15. The quantitative estimate of drug-likeness (QED) is 0.670. The fraction of sp³-hybridized carbons (Fsp3) is 0.158. The molecule has 0 fully saturated rings. The lowest BCUT2D eigenvalue weighted by Gasteiger charge is -2.16. The predicted octanol–water partition coefficient (Wildman–Crippen LogP) is 5.30. The summed E-state index contributed by atoms with van der Waals surface area (Å²) in [6, 6.07) is 18.4. The molecule has 0 aliphatic carbocycles. The van der Waals surface area contributed by atoms with Gasteiger partial charge in [0.2, 0.25) is 0 Å². The molecule has 0 aromatic heterocycles. The minimum Gasteiger partial charge on any atom is -0.384 e. The topological polar surface area (TPSA) is 20.2 Å². The van der Waals surface area contributed by atoms with Crippen LogP contribution in [-0.2, 0) is 0 Å². The second kappa shape index (κ2) is 5.63. The van der Waals surface area contributed by atoms with Crippen molar-refractivity contribution >= 4 is 26.7 Å². The Morgan fingerprint density at radius 2 is 1.48 bits per heavy atom. The molecule has 0 heterocycles. The van der Waals surface area contributed by atoms with E-state index in [0.29, 0.717) is 0 Å².